The first-order valence-electron chi connectivity index (χ1n) is 6.96. The van der Waals surface area contributed by atoms with Crippen molar-refractivity contribution in [3.63, 3.8) is 0 Å². The van der Waals surface area contributed by atoms with E-state index in [1.807, 2.05) is 12.1 Å². The van der Waals surface area contributed by atoms with Crippen LogP contribution in [0, 0.1) is 0 Å². The highest BCUT2D eigenvalue weighted by molar-refractivity contribution is 5.85. The fourth-order valence-corrected chi connectivity index (χ4v) is 2.65. The summed E-state index contributed by atoms with van der Waals surface area (Å²) < 4.78 is 16.3. The quantitative estimate of drug-likeness (QED) is 0.881. The highest BCUT2D eigenvalue weighted by atomic mass is 35.5. The maximum absolute atomic E-state index is 5.52. The molecule has 1 aliphatic rings. The van der Waals surface area contributed by atoms with Gasteiger partial charge in [-0.25, -0.2) is 0 Å². The van der Waals surface area contributed by atoms with E-state index in [9.17, 15) is 0 Å². The second-order valence-corrected chi connectivity index (χ2v) is 4.91. The molecule has 1 aliphatic heterocycles. The molecule has 0 saturated carbocycles. The van der Waals surface area contributed by atoms with Crippen LogP contribution < -0.4 is 19.5 Å². The predicted octanol–water partition coefficient (Wildman–Crippen LogP) is 2.52. The summed E-state index contributed by atoms with van der Waals surface area (Å²) in [6.07, 6.45) is 0. The van der Waals surface area contributed by atoms with Gasteiger partial charge in [0.05, 0.1) is 21.3 Å². The van der Waals surface area contributed by atoms with E-state index < -0.39 is 0 Å². The largest absolute Gasteiger partial charge is 0.496 e. The molecule has 0 amide bonds. The average Bonchev–Trinajstić information content (AvgIpc) is 2.53. The number of methoxy groups -OCH3 is 3. The maximum Gasteiger partial charge on any atom is 0.164 e. The molecule has 0 radical (unpaired) electrons. The number of hydrogen-bond donors (Lipinski definition) is 1. The number of piperazine rings is 1. The van der Waals surface area contributed by atoms with Crippen molar-refractivity contribution < 1.29 is 14.2 Å². The zero-order valence-electron chi connectivity index (χ0n) is 13.5. The first kappa shape index (κ1) is 21.1. The molecule has 1 atom stereocenters. The number of nitrogens with zero attached hydrogens (tertiary/aromatic N) is 1. The molecule has 1 saturated heterocycles. The first-order chi connectivity index (χ1) is 9.71. The fraction of sp³-hybridized carbons (Fsp3) is 0.600. The summed E-state index contributed by atoms with van der Waals surface area (Å²) in [6, 6.07) is 4.20. The van der Waals surface area contributed by atoms with Gasteiger partial charge in [-0.15, -0.1) is 24.8 Å². The molecular formula is C15H26Cl2N2O3. The zero-order chi connectivity index (χ0) is 14.5. The van der Waals surface area contributed by atoms with Gasteiger partial charge in [-0.2, -0.15) is 0 Å². The Morgan fingerprint density at radius 2 is 1.41 bits per heavy atom. The van der Waals surface area contributed by atoms with Crippen LogP contribution >= 0.6 is 24.8 Å². The minimum absolute atomic E-state index is 0. The van der Waals surface area contributed by atoms with E-state index in [-0.39, 0.29) is 30.9 Å². The van der Waals surface area contributed by atoms with E-state index in [1.54, 1.807) is 21.3 Å². The third-order valence-electron chi connectivity index (χ3n) is 3.89. The van der Waals surface area contributed by atoms with Gasteiger partial charge < -0.3 is 19.5 Å². The standard InChI is InChI=1S/C15H24N2O3.2ClH/c1-11(17-7-5-16-6-8-17)12-9-14(19-3)15(20-4)10-13(12)18-2;;/h9-11,16H,5-8H2,1-4H3;2*1H/t11-;;/m0../s1. The highest BCUT2D eigenvalue weighted by Crippen LogP contribution is 2.39. The summed E-state index contributed by atoms with van der Waals surface area (Å²) in [5.74, 6) is 2.28. The Kier molecular flexibility index (Phi) is 9.60. The molecule has 0 bridgehead atoms. The molecule has 1 aromatic rings. The lowest BCUT2D eigenvalue weighted by Crippen LogP contribution is -2.44. The van der Waals surface area contributed by atoms with Crippen molar-refractivity contribution in [2.75, 3.05) is 47.5 Å². The third-order valence-corrected chi connectivity index (χ3v) is 3.89. The van der Waals surface area contributed by atoms with E-state index >= 15 is 0 Å². The second-order valence-electron chi connectivity index (χ2n) is 4.91. The SMILES string of the molecule is COc1cc(OC)c([C@H](C)N2CCNCC2)cc1OC.Cl.Cl. The van der Waals surface area contributed by atoms with Crippen LogP contribution in [0.5, 0.6) is 17.2 Å². The van der Waals surface area contributed by atoms with Crippen molar-refractivity contribution in [1.82, 2.24) is 10.2 Å². The Hall–Kier alpha value is -0.880. The van der Waals surface area contributed by atoms with E-state index in [1.165, 1.54) is 0 Å². The number of nitrogens with one attached hydrogen (secondary N) is 1. The lowest BCUT2D eigenvalue weighted by Gasteiger charge is -2.33. The molecule has 128 valence electrons. The van der Waals surface area contributed by atoms with Gasteiger partial charge in [-0.05, 0) is 13.0 Å². The summed E-state index contributed by atoms with van der Waals surface area (Å²) in [4.78, 5) is 2.44. The number of benzene rings is 1. The van der Waals surface area contributed by atoms with Crippen LogP contribution in [0.15, 0.2) is 12.1 Å². The van der Waals surface area contributed by atoms with Gasteiger partial charge in [0, 0.05) is 43.9 Å². The van der Waals surface area contributed by atoms with Crippen molar-refractivity contribution >= 4 is 24.8 Å². The number of rotatable bonds is 5. The van der Waals surface area contributed by atoms with Crippen molar-refractivity contribution in [3.8, 4) is 17.2 Å². The molecule has 1 heterocycles. The van der Waals surface area contributed by atoms with Gasteiger partial charge in [0.15, 0.2) is 11.5 Å². The molecule has 0 unspecified atom stereocenters. The third kappa shape index (κ3) is 4.56. The Balaban J connectivity index is 0.00000220. The molecule has 1 fully saturated rings. The topological polar surface area (TPSA) is 43.0 Å². The molecule has 1 N–H and O–H groups in total. The van der Waals surface area contributed by atoms with Crippen LogP contribution in [-0.2, 0) is 0 Å². The zero-order valence-corrected chi connectivity index (χ0v) is 15.2. The van der Waals surface area contributed by atoms with Crippen molar-refractivity contribution in [1.29, 1.82) is 0 Å². The molecule has 22 heavy (non-hydrogen) atoms. The van der Waals surface area contributed by atoms with Gasteiger partial charge in [0.2, 0.25) is 0 Å². The summed E-state index contributed by atoms with van der Waals surface area (Å²) in [6.45, 7) is 6.34. The fourth-order valence-electron chi connectivity index (χ4n) is 2.65. The molecule has 0 aliphatic carbocycles. The summed E-state index contributed by atoms with van der Waals surface area (Å²) in [7, 11) is 4.98. The monoisotopic (exact) mass is 352 g/mol. The minimum atomic E-state index is 0. The van der Waals surface area contributed by atoms with Gasteiger partial charge in [-0.3, -0.25) is 4.90 Å². The Bertz CT molecular complexity index is 455. The minimum Gasteiger partial charge on any atom is -0.496 e. The van der Waals surface area contributed by atoms with E-state index in [4.69, 9.17) is 14.2 Å². The van der Waals surface area contributed by atoms with Gasteiger partial charge in [0.25, 0.3) is 0 Å². The van der Waals surface area contributed by atoms with E-state index in [2.05, 4.69) is 17.1 Å². The highest BCUT2D eigenvalue weighted by Gasteiger charge is 2.23. The molecule has 1 aromatic carbocycles. The maximum atomic E-state index is 5.52. The van der Waals surface area contributed by atoms with Crippen LogP contribution in [0.4, 0.5) is 0 Å². The Labute approximate surface area is 145 Å². The van der Waals surface area contributed by atoms with Crippen LogP contribution in [0.3, 0.4) is 0 Å². The normalized spacial score (nSPS) is 16.0. The van der Waals surface area contributed by atoms with Gasteiger partial charge in [0.1, 0.15) is 5.75 Å². The Morgan fingerprint density at radius 1 is 0.909 bits per heavy atom. The van der Waals surface area contributed by atoms with Crippen LogP contribution in [0.25, 0.3) is 0 Å². The summed E-state index contributed by atoms with van der Waals surface area (Å²) in [5, 5.41) is 3.37. The molecule has 0 spiro atoms. The summed E-state index contributed by atoms with van der Waals surface area (Å²) in [5.41, 5.74) is 1.13. The van der Waals surface area contributed by atoms with Crippen molar-refractivity contribution in [3.05, 3.63) is 17.7 Å². The van der Waals surface area contributed by atoms with Gasteiger partial charge in [-0.1, -0.05) is 0 Å². The molecule has 7 heteroatoms. The lowest BCUT2D eigenvalue weighted by molar-refractivity contribution is 0.182. The van der Waals surface area contributed by atoms with E-state index in [0.29, 0.717) is 5.75 Å². The van der Waals surface area contributed by atoms with E-state index in [0.717, 1.165) is 43.2 Å². The number of ether oxygens (including phenoxy) is 3. The molecule has 5 nitrogen and oxygen atoms in total. The Morgan fingerprint density at radius 3 is 1.91 bits per heavy atom. The van der Waals surface area contributed by atoms with Crippen molar-refractivity contribution in [2.45, 2.75) is 13.0 Å². The van der Waals surface area contributed by atoms with Gasteiger partial charge >= 0.3 is 0 Å². The average molecular weight is 353 g/mol. The predicted molar refractivity (Wildman–Crippen MR) is 93.5 cm³/mol. The van der Waals surface area contributed by atoms with Crippen LogP contribution in [0.2, 0.25) is 0 Å². The van der Waals surface area contributed by atoms with Crippen molar-refractivity contribution in [2.24, 2.45) is 0 Å². The number of hydrogen-bond acceptors (Lipinski definition) is 5. The first-order valence-corrected chi connectivity index (χ1v) is 6.96. The van der Waals surface area contributed by atoms with Crippen LogP contribution in [-0.4, -0.2) is 52.4 Å². The smallest absolute Gasteiger partial charge is 0.164 e. The number of halogens is 2. The second kappa shape index (κ2) is 10.0. The molecule has 2 rings (SSSR count). The van der Waals surface area contributed by atoms with Crippen LogP contribution in [0.1, 0.15) is 18.5 Å². The lowest BCUT2D eigenvalue weighted by atomic mass is 10.0. The molecular weight excluding hydrogens is 327 g/mol. The molecule has 0 aromatic heterocycles. The summed E-state index contributed by atoms with van der Waals surface area (Å²) >= 11 is 0.